The van der Waals surface area contributed by atoms with Crippen LogP contribution in [-0.4, -0.2) is 6.17 Å². The van der Waals surface area contributed by atoms with Gasteiger partial charge in [0.2, 0.25) is 0 Å². The summed E-state index contributed by atoms with van der Waals surface area (Å²) >= 11 is 0. The summed E-state index contributed by atoms with van der Waals surface area (Å²) in [6.45, 7) is 0. The van der Waals surface area contributed by atoms with Gasteiger partial charge in [0, 0.05) is 0 Å². The van der Waals surface area contributed by atoms with Crippen LogP contribution in [0.3, 0.4) is 0 Å². The highest BCUT2D eigenvalue weighted by molar-refractivity contribution is 5.45. The van der Waals surface area contributed by atoms with E-state index < -0.39 is 52.1 Å². The van der Waals surface area contributed by atoms with E-state index in [-0.39, 0.29) is 0 Å². The summed E-state index contributed by atoms with van der Waals surface area (Å²) in [6, 6.07) is 0.845. The van der Waals surface area contributed by atoms with E-state index >= 15 is 0 Å². The molecule has 8 heteroatoms. The first-order valence-electron chi connectivity index (χ1n) is 5.31. The van der Waals surface area contributed by atoms with Crippen LogP contribution in [0.1, 0.15) is 5.56 Å². The maximum atomic E-state index is 13.9. The fourth-order valence-electron chi connectivity index (χ4n) is 1.94. The average Bonchev–Trinajstić information content (AvgIpc) is 2.39. The first kappa shape index (κ1) is 14.4. The highest BCUT2D eigenvalue weighted by Gasteiger charge is 2.51. The molecule has 2 atom stereocenters. The van der Waals surface area contributed by atoms with Crippen molar-refractivity contribution < 1.29 is 26.3 Å². The van der Waals surface area contributed by atoms with E-state index in [1.165, 1.54) is 0 Å². The first-order valence-corrected chi connectivity index (χ1v) is 5.31. The van der Waals surface area contributed by atoms with Crippen LogP contribution in [0.15, 0.2) is 35.6 Å². The molecule has 2 nitrogen and oxygen atoms in total. The predicted octanol–water partition coefficient (Wildman–Crippen LogP) is 2.60. The standard InChI is InChI=1S/C12H8F6N2/c13-4-1-2-5(14)9(16)8(4)12(20)7(15)3-6(19)10(17)11(12)18/h1-3,11H,19-20H2. The lowest BCUT2D eigenvalue weighted by atomic mass is 9.80. The van der Waals surface area contributed by atoms with E-state index in [1.54, 1.807) is 0 Å². The Morgan fingerprint density at radius 3 is 2.15 bits per heavy atom. The molecule has 0 amide bonds. The van der Waals surface area contributed by atoms with E-state index in [0.717, 1.165) is 0 Å². The third-order valence-electron chi connectivity index (χ3n) is 3.03. The third kappa shape index (κ3) is 1.79. The third-order valence-corrected chi connectivity index (χ3v) is 3.03. The summed E-state index contributed by atoms with van der Waals surface area (Å²) in [5.41, 5.74) is 4.79. The minimum absolute atomic E-state index is 0.301. The Kier molecular flexibility index (Phi) is 3.29. The summed E-state index contributed by atoms with van der Waals surface area (Å²) in [5, 5.41) is 0. The van der Waals surface area contributed by atoms with Crippen LogP contribution in [0, 0.1) is 17.5 Å². The van der Waals surface area contributed by atoms with E-state index in [9.17, 15) is 26.3 Å². The molecule has 0 spiro atoms. The molecule has 0 aromatic heterocycles. The number of hydrogen-bond acceptors (Lipinski definition) is 2. The maximum absolute atomic E-state index is 13.9. The van der Waals surface area contributed by atoms with Gasteiger partial charge in [-0.1, -0.05) is 0 Å². The molecule has 20 heavy (non-hydrogen) atoms. The quantitative estimate of drug-likeness (QED) is 0.618. The molecule has 1 aliphatic rings. The minimum atomic E-state index is -3.16. The van der Waals surface area contributed by atoms with Crippen LogP contribution >= 0.6 is 0 Å². The van der Waals surface area contributed by atoms with E-state index in [2.05, 4.69) is 0 Å². The Balaban J connectivity index is 2.75. The van der Waals surface area contributed by atoms with Crippen LogP contribution in [0.4, 0.5) is 26.3 Å². The van der Waals surface area contributed by atoms with Crippen molar-refractivity contribution in [3.8, 4) is 0 Å². The second-order valence-electron chi connectivity index (χ2n) is 4.25. The van der Waals surface area contributed by atoms with Gasteiger partial charge in [-0.15, -0.1) is 0 Å². The fourth-order valence-corrected chi connectivity index (χ4v) is 1.94. The van der Waals surface area contributed by atoms with E-state index in [0.29, 0.717) is 18.2 Å². The fraction of sp³-hybridized carbons (Fsp3) is 0.167. The SMILES string of the molecule is NC1=C(F)C(F)C(N)(c2c(F)ccc(F)c2F)C(F)=C1. The van der Waals surface area contributed by atoms with Crippen molar-refractivity contribution in [3.05, 3.63) is 58.6 Å². The highest BCUT2D eigenvalue weighted by atomic mass is 19.2. The monoisotopic (exact) mass is 294 g/mol. The van der Waals surface area contributed by atoms with Crippen molar-refractivity contribution in [2.45, 2.75) is 11.7 Å². The van der Waals surface area contributed by atoms with Gasteiger partial charge in [0.1, 0.15) is 17.2 Å². The van der Waals surface area contributed by atoms with Crippen LogP contribution < -0.4 is 11.5 Å². The second-order valence-corrected chi connectivity index (χ2v) is 4.25. The van der Waals surface area contributed by atoms with Gasteiger partial charge in [0.15, 0.2) is 23.6 Å². The smallest absolute Gasteiger partial charge is 0.182 e. The van der Waals surface area contributed by atoms with Gasteiger partial charge < -0.3 is 11.5 Å². The molecule has 0 bridgehead atoms. The number of benzene rings is 1. The molecule has 0 saturated carbocycles. The summed E-state index contributed by atoms with van der Waals surface area (Å²) in [5.74, 6) is -8.28. The topological polar surface area (TPSA) is 52.0 Å². The van der Waals surface area contributed by atoms with Gasteiger partial charge in [0.05, 0.1) is 11.3 Å². The normalized spacial score (nSPS) is 26.8. The molecule has 1 aromatic rings. The lowest BCUT2D eigenvalue weighted by Crippen LogP contribution is -2.50. The summed E-state index contributed by atoms with van der Waals surface area (Å²) < 4.78 is 81.6. The van der Waals surface area contributed by atoms with E-state index in [4.69, 9.17) is 11.5 Å². The van der Waals surface area contributed by atoms with Crippen molar-refractivity contribution in [1.82, 2.24) is 0 Å². The van der Waals surface area contributed by atoms with Gasteiger partial charge >= 0.3 is 0 Å². The number of nitrogens with two attached hydrogens (primary N) is 2. The van der Waals surface area contributed by atoms with Crippen molar-refractivity contribution in [2.24, 2.45) is 11.5 Å². The van der Waals surface area contributed by atoms with Gasteiger partial charge in [-0.3, -0.25) is 0 Å². The Morgan fingerprint density at radius 1 is 1.00 bits per heavy atom. The molecule has 1 aliphatic carbocycles. The maximum Gasteiger partial charge on any atom is 0.182 e. The molecular weight excluding hydrogens is 286 g/mol. The summed E-state index contributed by atoms with van der Waals surface area (Å²) in [6.07, 6.45) is -2.69. The number of halogens is 6. The summed E-state index contributed by atoms with van der Waals surface area (Å²) in [7, 11) is 0. The van der Waals surface area contributed by atoms with Gasteiger partial charge in [-0.05, 0) is 18.2 Å². The molecule has 4 N–H and O–H groups in total. The molecule has 0 aliphatic heterocycles. The second kappa shape index (κ2) is 4.55. The van der Waals surface area contributed by atoms with Gasteiger partial charge in [-0.25, -0.2) is 26.3 Å². The predicted molar refractivity (Wildman–Crippen MR) is 58.6 cm³/mol. The van der Waals surface area contributed by atoms with Gasteiger partial charge in [0.25, 0.3) is 0 Å². The van der Waals surface area contributed by atoms with Crippen LogP contribution in [0.2, 0.25) is 0 Å². The molecule has 2 unspecified atom stereocenters. The lowest BCUT2D eigenvalue weighted by Gasteiger charge is -2.34. The number of alkyl halides is 1. The number of allylic oxidation sites excluding steroid dienone is 1. The Bertz CT molecular complexity index is 639. The molecular formula is C12H8F6N2. The minimum Gasteiger partial charge on any atom is -0.396 e. The zero-order valence-electron chi connectivity index (χ0n) is 9.73. The Hall–Kier alpha value is -1.96. The Labute approximate surface area is 109 Å². The van der Waals surface area contributed by atoms with Crippen molar-refractivity contribution in [1.29, 1.82) is 0 Å². The van der Waals surface area contributed by atoms with Crippen LogP contribution in [-0.2, 0) is 5.54 Å². The average molecular weight is 294 g/mol. The van der Waals surface area contributed by atoms with Crippen LogP contribution in [0.5, 0.6) is 0 Å². The molecule has 0 heterocycles. The van der Waals surface area contributed by atoms with Gasteiger partial charge in [-0.2, -0.15) is 0 Å². The molecule has 0 radical (unpaired) electrons. The molecule has 2 rings (SSSR count). The molecule has 0 saturated heterocycles. The van der Waals surface area contributed by atoms with Crippen molar-refractivity contribution in [3.63, 3.8) is 0 Å². The Morgan fingerprint density at radius 2 is 1.55 bits per heavy atom. The van der Waals surface area contributed by atoms with E-state index in [1.807, 2.05) is 0 Å². The van der Waals surface area contributed by atoms with Crippen LogP contribution in [0.25, 0.3) is 0 Å². The van der Waals surface area contributed by atoms with Crippen molar-refractivity contribution in [2.75, 3.05) is 0 Å². The zero-order valence-corrected chi connectivity index (χ0v) is 9.73. The molecule has 0 fully saturated rings. The highest BCUT2D eigenvalue weighted by Crippen LogP contribution is 2.43. The largest absolute Gasteiger partial charge is 0.396 e. The summed E-state index contributed by atoms with van der Waals surface area (Å²) in [4.78, 5) is 0. The molecule has 108 valence electrons. The first-order chi connectivity index (χ1) is 9.21. The van der Waals surface area contributed by atoms with Crippen molar-refractivity contribution >= 4 is 0 Å². The number of hydrogen-bond donors (Lipinski definition) is 2. The number of rotatable bonds is 1. The molecule has 1 aromatic carbocycles. The zero-order chi connectivity index (χ0) is 15.2. The lowest BCUT2D eigenvalue weighted by molar-refractivity contribution is 0.181.